The Bertz CT molecular complexity index is 708. The minimum absolute atomic E-state index is 0.272. The molecule has 0 atom stereocenters. The number of aliphatic imine (C=N–C) groups is 1. The first-order valence-corrected chi connectivity index (χ1v) is 8.97. The Kier molecular flexibility index (Phi) is 5.59. The molecule has 3 rings (SSSR count). The minimum Gasteiger partial charge on any atom is -0.494 e. The molecule has 4 heteroatoms. The first-order valence-electron chi connectivity index (χ1n) is 8.97. The summed E-state index contributed by atoms with van der Waals surface area (Å²) >= 11 is 0. The van der Waals surface area contributed by atoms with Gasteiger partial charge in [0.2, 0.25) is 0 Å². The third kappa shape index (κ3) is 4.53. The van der Waals surface area contributed by atoms with Gasteiger partial charge in [-0.15, -0.1) is 0 Å². The van der Waals surface area contributed by atoms with Gasteiger partial charge in [-0.2, -0.15) is 0 Å². The fraction of sp³-hybridized carbons (Fsp3) is 0.381. The van der Waals surface area contributed by atoms with E-state index in [1.165, 1.54) is 24.0 Å². The molecule has 0 amide bonds. The van der Waals surface area contributed by atoms with Gasteiger partial charge >= 0.3 is 0 Å². The maximum Gasteiger partial charge on any atom is 0.191 e. The zero-order chi connectivity index (χ0) is 17.5. The van der Waals surface area contributed by atoms with Crippen LogP contribution in [0.2, 0.25) is 0 Å². The molecule has 1 aliphatic rings. The molecule has 0 saturated heterocycles. The molecule has 1 aliphatic carbocycles. The van der Waals surface area contributed by atoms with Crippen LogP contribution >= 0.6 is 0 Å². The zero-order valence-electron chi connectivity index (χ0n) is 15.1. The zero-order valence-corrected chi connectivity index (χ0v) is 15.1. The Morgan fingerprint density at radius 1 is 1.08 bits per heavy atom. The molecule has 2 aromatic rings. The SMILES string of the molecule is CCOc1cccc(CNC(=NC)NCC2(c3ccccc3)CC2)c1. The van der Waals surface area contributed by atoms with Crippen molar-refractivity contribution in [3.05, 3.63) is 65.7 Å². The average molecular weight is 337 g/mol. The van der Waals surface area contributed by atoms with Gasteiger partial charge in [-0.05, 0) is 43.0 Å². The monoisotopic (exact) mass is 337 g/mol. The number of rotatable bonds is 7. The molecule has 25 heavy (non-hydrogen) atoms. The van der Waals surface area contributed by atoms with E-state index in [1.807, 2.05) is 26.1 Å². The summed E-state index contributed by atoms with van der Waals surface area (Å²) in [7, 11) is 1.81. The lowest BCUT2D eigenvalue weighted by Gasteiger charge is -2.19. The Hall–Kier alpha value is -2.49. The molecule has 0 bridgehead atoms. The lowest BCUT2D eigenvalue weighted by Crippen LogP contribution is -2.40. The van der Waals surface area contributed by atoms with E-state index in [-0.39, 0.29) is 5.41 Å². The molecule has 0 spiro atoms. The van der Waals surface area contributed by atoms with Crippen molar-refractivity contribution in [1.29, 1.82) is 0 Å². The van der Waals surface area contributed by atoms with Crippen molar-refractivity contribution < 1.29 is 4.74 Å². The van der Waals surface area contributed by atoms with E-state index in [1.54, 1.807) is 0 Å². The average Bonchev–Trinajstić information content (AvgIpc) is 3.44. The summed E-state index contributed by atoms with van der Waals surface area (Å²) < 4.78 is 5.56. The van der Waals surface area contributed by atoms with Gasteiger partial charge in [0.05, 0.1) is 6.61 Å². The molecular weight excluding hydrogens is 310 g/mol. The van der Waals surface area contributed by atoms with Crippen molar-refractivity contribution in [3.63, 3.8) is 0 Å². The largest absolute Gasteiger partial charge is 0.494 e. The van der Waals surface area contributed by atoms with Crippen molar-refractivity contribution in [3.8, 4) is 5.75 Å². The summed E-state index contributed by atoms with van der Waals surface area (Å²) in [6, 6.07) is 18.9. The van der Waals surface area contributed by atoms with Crippen molar-refractivity contribution in [1.82, 2.24) is 10.6 Å². The molecule has 0 radical (unpaired) electrons. The van der Waals surface area contributed by atoms with Gasteiger partial charge in [-0.3, -0.25) is 4.99 Å². The van der Waals surface area contributed by atoms with E-state index in [9.17, 15) is 0 Å². The standard InChI is InChI=1S/C21H27N3O/c1-3-25-19-11-7-8-17(14-19)15-23-20(22-2)24-16-21(12-13-21)18-9-5-4-6-10-18/h4-11,14H,3,12-13,15-16H2,1-2H3,(H2,22,23,24). The van der Waals surface area contributed by atoms with E-state index in [4.69, 9.17) is 4.74 Å². The second-order valence-corrected chi connectivity index (χ2v) is 6.51. The summed E-state index contributed by atoms with van der Waals surface area (Å²) in [6.07, 6.45) is 2.47. The molecule has 4 nitrogen and oxygen atoms in total. The Morgan fingerprint density at radius 3 is 2.56 bits per heavy atom. The van der Waals surface area contributed by atoms with E-state index >= 15 is 0 Å². The van der Waals surface area contributed by atoms with Gasteiger partial charge in [-0.1, -0.05) is 42.5 Å². The lowest BCUT2D eigenvalue weighted by atomic mass is 9.96. The Labute approximate surface area is 150 Å². The van der Waals surface area contributed by atoms with Crippen LogP contribution in [0, 0.1) is 0 Å². The van der Waals surface area contributed by atoms with Crippen LogP contribution in [-0.2, 0) is 12.0 Å². The van der Waals surface area contributed by atoms with Crippen molar-refractivity contribution >= 4 is 5.96 Å². The summed E-state index contributed by atoms with van der Waals surface area (Å²) in [4.78, 5) is 4.35. The normalized spacial score (nSPS) is 15.5. The number of nitrogens with zero attached hydrogens (tertiary/aromatic N) is 1. The predicted octanol–water partition coefficient (Wildman–Crippen LogP) is 3.48. The van der Waals surface area contributed by atoms with Gasteiger partial charge in [-0.25, -0.2) is 0 Å². The Morgan fingerprint density at radius 2 is 1.88 bits per heavy atom. The molecule has 132 valence electrons. The number of guanidine groups is 1. The van der Waals surface area contributed by atoms with Gasteiger partial charge in [0.1, 0.15) is 5.75 Å². The summed E-state index contributed by atoms with van der Waals surface area (Å²) in [6.45, 7) is 4.31. The second kappa shape index (κ2) is 8.06. The smallest absolute Gasteiger partial charge is 0.191 e. The van der Waals surface area contributed by atoms with Gasteiger partial charge < -0.3 is 15.4 Å². The van der Waals surface area contributed by atoms with Crippen molar-refractivity contribution in [2.45, 2.75) is 31.7 Å². The van der Waals surface area contributed by atoms with Gasteiger partial charge in [0.15, 0.2) is 5.96 Å². The fourth-order valence-corrected chi connectivity index (χ4v) is 3.08. The van der Waals surface area contributed by atoms with Gasteiger partial charge in [0.25, 0.3) is 0 Å². The van der Waals surface area contributed by atoms with Crippen LogP contribution in [0.3, 0.4) is 0 Å². The fourth-order valence-electron chi connectivity index (χ4n) is 3.08. The third-order valence-electron chi connectivity index (χ3n) is 4.73. The van der Waals surface area contributed by atoms with Crippen LogP contribution in [0.5, 0.6) is 5.75 Å². The summed E-state index contributed by atoms with van der Waals surface area (Å²) in [5, 5.41) is 6.88. The quantitative estimate of drug-likeness (QED) is 0.600. The molecule has 0 aliphatic heterocycles. The van der Waals surface area contributed by atoms with Crippen molar-refractivity contribution in [2.24, 2.45) is 4.99 Å². The highest BCUT2D eigenvalue weighted by molar-refractivity contribution is 5.79. The van der Waals surface area contributed by atoms with Crippen LogP contribution in [-0.4, -0.2) is 26.2 Å². The van der Waals surface area contributed by atoms with E-state index in [2.05, 4.69) is 58.1 Å². The summed E-state index contributed by atoms with van der Waals surface area (Å²) in [5.74, 6) is 1.75. The molecular formula is C21H27N3O. The first kappa shape index (κ1) is 17.3. The number of nitrogens with one attached hydrogen (secondary N) is 2. The highest BCUT2D eigenvalue weighted by Gasteiger charge is 2.43. The molecule has 1 fully saturated rings. The van der Waals surface area contributed by atoms with Crippen LogP contribution in [0.1, 0.15) is 30.9 Å². The molecule has 1 saturated carbocycles. The van der Waals surface area contributed by atoms with Gasteiger partial charge in [0, 0.05) is 25.6 Å². The summed E-state index contributed by atoms with van der Waals surface area (Å²) in [5.41, 5.74) is 2.87. The highest BCUT2D eigenvalue weighted by Crippen LogP contribution is 2.47. The second-order valence-electron chi connectivity index (χ2n) is 6.51. The van der Waals surface area contributed by atoms with E-state index < -0.39 is 0 Å². The third-order valence-corrected chi connectivity index (χ3v) is 4.73. The van der Waals surface area contributed by atoms with Crippen LogP contribution in [0.25, 0.3) is 0 Å². The van der Waals surface area contributed by atoms with Crippen LogP contribution < -0.4 is 15.4 Å². The number of hydrogen-bond donors (Lipinski definition) is 2. The first-order chi connectivity index (χ1) is 12.3. The highest BCUT2D eigenvalue weighted by atomic mass is 16.5. The van der Waals surface area contributed by atoms with Crippen molar-refractivity contribution in [2.75, 3.05) is 20.2 Å². The number of benzene rings is 2. The molecule has 0 heterocycles. The lowest BCUT2D eigenvalue weighted by molar-refractivity contribution is 0.340. The molecule has 0 unspecified atom stereocenters. The Balaban J connectivity index is 1.53. The number of hydrogen-bond acceptors (Lipinski definition) is 2. The maximum absolute atomic E-state index is 5.56. The molecule has 0 aromatic heterocycles. The maximum atomic E-state index is 5.56. The minimum atomic E-state index is 0.272. The van der Waals surface area contributed by atoms with Crippen LogP contribution in [0.15, 0.2) is 59.6 Å². The van der Waals surface area contributed by atoms with Crippen LogP contribution in [0.4, 0.5) is 0 Å². The molecule has 2 aromatic carbocycles. The van der Waals surface area contributed by atoms with E-state index in [0.717, 1.165) is 24.8 Å². The number of ether oxygens (including phenoxy) is 1. The molecule has 2 N–H and O–H groups in total. The predicted molar refractivity (Wildman–Crippen MR) is 103 cm³/mol. The van der Waals surface area contributed by atoms with E-state index in [0.29, 0.717) is 6.61 Å². The topological polar surface area (TPSA) is 45.6 Å².